The molecule has 132 valence electrons. The highest BCUT2D eigenvalue weighted by Crippen LogP contribution is 2.32. The minimum atomic E-state index is 0.874. The molecule has 2 saturated carbocycles. The molecular weight excluding hydrogens is 416 g/mol. The number of alkyl halides is 2. The molecule has 0 aromatic rings. The van der Waals surface area contributed by atoms with Crippen molar-refractivity contribution in [1.82, 2.24) is 0 Å². The van der Waals surface area contributed by atoms with E-state index in [1.807, 2.05) is 12.5 Å². The maximum Gasteiger partial charge on any atom is 0.0861 e. The summed E-state index contributed by atoms with van der Waals surface area (Å²) < 4.78 is 5.52. The predicted molar refractivity (Wildman–Crippen MR) is 107 cm³/mol. The van der Waals surface area contributed by atoms with E-state index in [1.165, 1.54) is 74.9 Å². The molecule has 0 amide bonds. The lowest BCUT2D eigenvalue weighted by molar-refractivity contribution is 0.292. The van der Waals surface area contributed by atoms with E-state index in [4.69, 9.17) is 4.74 Å². The smallest absolute Gasteiger partial charge is 0.0861 e. The van der Waals surface area contributed by atoms with Gasteiger partial charge in [-0.15, -0.1) is 0 Å². The zero-order valence-corrected chi connectivity index (χ0v) is 17.4. The minimum absolute atomic E-state index is 0.874. The molecule has 0 unspecified atom stereocenters. The molecule has 0 aromatic heterocycles. The number of hydrogen-bond donors (Lipinski definition) is 0. The summed E-state index contributed by atoms with van der Waals surface area (Å²) in [7, 11) is 0. The first-order chi connectivity index (χ1) is 11.3. The largest absolute Gasteiger partial charge is 0.473 e. The Labute approximate surface area is 159 Å². The number of rotatable bonds is 8. The fourth-order valence-corrected chi connectivity index (χ4v) is 5.19. The summed E-state index contributed by atoms with van der Waals surface area (Å²) in [6, 6.07) is 0. The molecule has 1 nitrogen and oxygen atoms in total. The zero-order valence-electron chi connectivity index (χ0n) is 14.3. The van der Waals surface area contributed by atoms with E-state index in [9.17, 15) is 0 Å². The number of hydrogen-bond acceptors (Lipinski definition) is 1. The first kappa shape index (κ1) is 19.6. The second-order valence-corrected chi connectivity index (χ2v) is 8.73. The number of allylic oxidation sites excluding steroid dienone is 2. The molecule has 0 N–H and O–H groups in total. The van der Waals surface area contributed by atoms with Crippen LogP contribution in [0.25, 0.3) is 0 Å². The molecule has 0 spiro atoms. The van der Waals surface area contributed by atoms with Crippen LogP contribution in [-0.4, -0.2) is 10.7 Å². The first-order valence-corrected chi connectivity index (χ1v) is 11.6. The van der Waals surface area contributed by atoms with Crippen molar-refractivity contribution < 1.29 is 4.74 Å². The number of ether oxygens (including phenoxy) is 1. The van der Waals surface area contributed by atoms with Crippen LogP contribution < -0.4 is 0 Å². The topological polar surface area (TPSA) is 9.23 Å². The predicted octanol–water partition coefficient (Wildman–Crippen LogP) is 7.21. The highest BCUT2D eigenvalue weighted by molar-refractivity contribution is 9.09. The third-order valence-electron chi connectivity index (χ3n) is 5.66. The van der Waals surface area contributed by atoms with Crippen molar-refractivity contribution in [1.29, 1.82) is 0 Å². The van der Waals surface area contributed by atoms with Crippen LogP contribution in [0.4, 0.5) is 0 Å². The van der Waals surface area contributed by atoms with Crippen molar-refractivity contribution in [3.8, 4) is 0 Å². The van der Waals surface area contributed by atoms with Gasteiger partial charge in [-0.3, -0.25) is 0 Å². The molecule has 0 saturated heterocycles. The van der Waals surface area contributed by atoms with Gasteiger partial charge >= 0.3 is 0 Å². The maximum absolute atomic E-state index is 5.52. The zero-order chi connectivity index (χ0) is 16.3. The van der Waals surface area contributed by atoms with Crippen molar-refractivity contribution in [3.05, 3.63) is 24.7 Å². The van der Waals surface area contributed by atoms with Gasteiger partial charge in [-0.1, -0.05) is 31.9 Å². The molecular formula is C20H32Br2O. The Morgan fingerprint density at radius 1 is 0.609 bits per heavy atom. The standard InChI is InChI=1S/C20H32Br2O/c21-15-19-9-5-17(6-10-19)3-1-13-23-14-2-4-18-7-11-20(16-22)12-8-18/h1-2,13-14,17-20H,3-12,15-16H2. The average molecular weight is 448 g/mol. The minimum Gasteiger partial charge on any atom is -0.473 e. The Bertz CT molecular complexity index is 317. The summed E-state index contributed by atoms with van der Waals surface area (Å²) in [5.74, 6) is 3.58. The van der Waals surface area contributed by atoms with E-state index < -0.39 is 0 Å². The SMILES string of the molecule is BrCC1CCC(CC=COC=CCC2CCC(CBr)CC2)CC1. The summed E-state index contributed by atoms with van der Waals surface area (Å²) in [4.78, 5) is 0. The lowest BCUT2D eigenvalue weighted by Gasteiger charge is -2.26. The van der Waals surface area contributed by atoms with E-state index >= 15 is 0 Å². The van der Waals surface area contributed by atoms with Crippen LogP contribution in [0.3, 0.4) is 0 Å². The Hall–Kier alpha value is 0.240. The van der Waals surface area contributed by atoms with E-state index in [1.54, 1.807) is 0 Å². The highest BCUT2D eigenvalue weighted by Gasteiger charge is 2.20. The lowest BCUT2D eigenvalue weighted by atomic mass is 9.81. The van der Waals surface area contributed by atoms with Gasteiger partial charge in [0.15, 0.2) is 0 Å². The molecule has 0 heterocycles. The van der Waals surface area contributed by atoms with Gasteiger partial charge in [0.2, 0.25) is 0 Å². The quantitative estimate of drug-likeness (QED) is 0.282. The van der Waals surface area contributed by atoms with Gasteiger partial charge in [-0.25, -0.2) is 0 Å². The fraction of sp³-hybridized carbons (Fsp3) is 0.800. The lowest BCUT2D eigenvalue weighted by Crippen LogP contribution is -2.14. The molecule has 2 aliphatic rings. The maximum atomic E-state index is 5.52. The van der Waals surface area contributed by atoms with Crippen LogP contribution in [0.2, 0.25) is 0 Å². The van der Waals surface area contributed by atoms with Gasteiger partial charge in [0.25, 0.3) is 0 Å². The third kappa shape index (κ3) is 7.77. The second-order valence-electron chi connectivity index (χ2n) is 7.43. The summed E-state index contributed by atoms with van der Waals surface area (Å²) in [6.07, 6.45) is 21.6. The average Bonchev–Trinajstić information content (AvgIpc) is 2.62. The Balaban J connectivity index is 1.50. The fourth-order valence-electron chi connectivity index (χ4n) is 3.90. The van der Waals surface area contributed by atoms with Crippen molar-refractivity contribution in [2.24, 2.45) is 23.7 Å². The molecule has 0 bridgehead atoms. The molecule has 0 atom stereocenters. The molecule has 0 aromatic carbocycles. The molecule has 2 rings (SSSR count). The van der Waals surface area contributed by atoms with Crippen LogP contribution in [-0.2, 0) is 4.74 Å². The van der Waals surface area contributed by atoms with Crippen molar-refractivity contribution in [2.45, 2.75) is 64.2 Å². The second kappa shape index (κ2) is 11.7. The van der Waals surface area contributed by atoms with E-state index in [0.717, 1.165) is 23.7 Å². The molecule has 2 aliphatic carbocycles. The van der Waals surface area contributed by atoms with E-state index in [0.29, 0.717) is 0 Å². The van der Waals surface area contributed by atoms with Gasteiger partial charge in [-0.05, 0) is 100 Å². The Morgan fingerprint density at radius 3 is 1.30 bits per heavy atom. The molecule has 2 fully saturated rings. The third-order valence-corrected chi connectivity index (χ3v) is 7.49. The highest BCUT2D eigenvalue weighted by atomic mass is 79.9. The van der Waals surface area contributed by atoms with Gasteiger partial charge < -0.3 is 4.74 Å². The summed E-state index contributed by atoms with van der Waals surface area (Å²) in [5, 5.41) is 2.36. The monoisotopic (exact) mass is 446 g/mol. The van der Waals surface area contributed by atoms with E-state index in [-0.39, 0.29) is 0 Å². The van der Waals surface area contributed by atoms with Gasteiger partial charge in [0.1, 0.15) is 0 Å². The van der Waals surface area contributed by atoms with Crippen LogP contribution in [0.1, 0.15) is 64.2 Å². The van der Waals surface area contributed by atoms with Gasteiger partial charge in [-0.2, -0.15) is 0 Å². The summed E-state index contributed by atoms with van der Waals surface area (Å²) in [5.41, 5.74) is 0. The Morgan fingerprint density at radius 2 is 0.957 bits per heavy atom. The van der Waals surface area contributed by atoms with E-state index in [2.05, 4.69) is 44.0 Å². The molecule has 0 aliphatic heterocycles. The first-order valence-electron chi connectivity index (χ1n) is 9.39. The van der Waals surface area contributed by atoms with Crippen LogP contribution in [0.5, 0.6) is 0 Å². The van der Waals surface area contributed by atoms with Crippen molar-refractivity contribution >= 4 is 31.9 Å². The van der Waals surface area contributed by atoms with Gasteiger partial charge in [0, 0.05) is 10.7 Å². The molecule has 23 heavy (non-hydrogen) atoms. The van der Waals surface area contributed by atoms with Crippen LogP contribution in [0, 0.1) is 23.7 Å². The summed E-state index contributed by atoms with van der Waals surface area (Å²) >= 11 is 7.22. The van der Waals surface area contributed by atoms with Crippen LogP contribution >= 0.6 is 31.9 Å². The number of halogens is 2. The van der Waals surface area contributed by atoms with Crippen molar-refractivity contribution in [2.75, 3.05) is 10.7 Å². The Kier molecular flexibility index (Phi) is 9.98. The van der Waals surface area contributed by atoms with Crippen molar-refractivity contribution in [3.63, 3.8) is 0 Å². The normalized spacial score (nSPS) is 32.6. The summed E-state index contributed by atoms with van der Waals surface area (Å²) in [6.45, 7) is 0. The molecule has 0 radical (unpaired) electrons. The molecule has 3 heteroatoms. The van der Waals surface area contributed by atoms with Gasteiger partial charge in [0.05, 0.1) is 12.5 Å². The van der Waals surface area contributed by atoms with Crippen LogP contribution in [0.15, 0.2) is 24.7 Å².